The van der Waals surface area contributed by atoms with Crippen molar-refractivity contribution in [1.29, 1.82) is 0 Å². The lowest BCUT2D eigenvalue weighted by Gasteiger charge is -2.16. The standard InChI is InChI=1S/C18H19N3O2/c1-2-21-17(23)14-10-6-7-11-15(14)20-18(21)19-12-16(22)13-8-4-3-5-9-13/h3-11,16,22H,2,12H2,1H3,(H,19,20). The van der Waals surface area contributed by atoms with Crippen LogP contribution in [0.15, 0.2) is 59.4 Å². The summed E-state index contributed by atoms with van der Waals surface area (Å²) in [5.74, 6) is 0.478. The van der Waals surface area contributed by atoms with E-state index >= 15 is 0 Å². The molecule has 0 spiro atoms. The third kappa shape index (κ3) is 3.10. The fourth-order valence-electron chi connectivity index (χ4n) is 2.58. The summed E-state index contributed by atoms with van der Waals surface area (Å²) in [5, 5.41) is 13.9. The van der Waals surface area contributed by atoms with Crippen molar-refractivity contribution in [2.24, 2.45) is 0 Å². The van der Waals surface area contributed by atoms with Gasteiger partial charge in [-0.05, 0) is 24.6 Å². The van der Waals surface area contributed by atoms with Crippen LogP contribution in [-0.4, -0.2) is 21.2 Å². The molecule has 5 nitrogen and oxygen atoms in total. The average molecular weight is 309 g/mol. The van der Waals surface area contributed by atoms with E-state index in [0.717, 1.165) is 5.56 Å². The van der Waals surface area contributed by atoms with Gasteiger partial charge in [0, 0.05) is 13.1 Å². The number of aliphatic hydroxyl groups excluding tert-OH is 1. The second kappa shape index (κ2) is 6.62. The van der Waals surface area contributed by atoms with E-state index in [-0.39, 0.29) is 12.1 Å². The maximum atomic E-state index is 12.5. The number of nitrogens with one attached hydrogen (secondary N) is 1. The van der Waals surface area contributed by atoms with E-state index in [2.05, 4.69) is 10.3 Å². The van der Waals surface area contributed by atoms with Gasteiger partial charge < -0.3 is 10.4 Å². The zero-order chi connectivity index (χ0) is 16.2. The summed E-state index contributed by atoms with van der Waals surface area (Å²) in [7, 11) is 0. The zero-order valence-electron chi connectivity index (χ0n) is 12.9. The van der Waals surface area contributed by atoms with Gasteiger partial charge in [0.05, 0.1) is 17.0 Å². The van der Waals surface area contributed by atoms with Crippen molar-refractivity contribution in [2.45, 2.75) is 19.6 Å². The zero-order valence-corrected chi connectivity index (χ0v) is 12.9. The van der Waals surface area contributed by atoms with Gasteiger partial charge in [-0.3, -0.25) is 9.36 Å². The Morgan fingerprint density at radius 3 is 2.57 bits per heavy atom. The van der Waals surface area contributed by atoms with Crippen LogP contribution in [0.2, 0.25) is 0 Å². The highest BCUT2D eigenvalue weighted by molar-refractivity contribution is 5.78. The molecule has 23 heavy (non-hydrogen) atoms. The highest BCUT2D eigenvalue weighted by Crippen LogP contribution is 2.15. The Balaban J connectivity index is 1.89. The molecular weight excluding hydrogens is 290 g/mol. The van der Waals surface area contributed by atoms with Crippen molar-refractivity contribution >= 4 is 16.9 Å². The molecule has 0 radical (unpaired) electrons. The monoisotopic (exact) mass is 309 g/mol. The van der Waals surface area contributed by atoms with Gasteiger partial charge in [0.2, 0.25) is 5.95 Å². The van der Waals surface area contributed by atoms with Gasteiger partial charge in [-0.2, -0.15) is 0 Å². The van der Waals surface area contributed by atoms with E-state index in [0.29, 0.717) is 23.4 Å². The molecule has 118 valence electrons. The Hall–Kier alpha value is -2.66. The molecule has 1 aromatic heterocycles. The second-order valence-corrected chi connectivity index (χ2v) is 5.31. The molecule has 0 saturated carbocycles. The molecule has 0 aliphatic heterocycles. The molecule has 0 amide bonds. The van der Waals surface area contributed by atoms with Gasteiger partial charge >= 0.3 is 0 Å². The van der Waals surface area contributed by atoms with Gasteiger partial charge in [-0.15, -0.1) is 0 Å². The number of hydrogen-bond donors (Lipinski definition) is 2. The molecule has 3 aromatic rings. The minimum absolute atomic E-state index is 0.0743. The number of fused-ring (bicyclic) bond motifs is 1. The van der Waals surface area contributed by atoms with E-state index in [1.165, 1.54) is 0 Å². The molecule has 0 aliphatic carbocycles. The number of benzene rings is 2. The second-order valence-electron chi connectivity index (χ2n) is 5.31. The Labute approximate surface area is 134 Å². The quantitative estimate of drug-likeness (QED) is 0.760. The summed E-state index contributed by atoms with van der Waals surface area (Å²) in [4.78, 5) is 17.0. The highest BCUT2D eigenvalue weighted by atomic mass is 16.3. The first-order valence-electron chi connectivity index (χ1n) is 7.67. The Bertz CT molecular complexity index is 859. The van der Waals surface area contributed by atoms with Crippen LogP contribution in [0.5, 0.6) is 0 Å². The van der Waals surface area contributed by atoms with Crippen molar-refractivity contribution in [1.82, 2.24) is 9.55 Å². The van der Waals surface area contributed by atoms with Crippen molar-refractivity contribution in [3.63, 3.8) is 0 Å². The third-order valence-electron chi connectivity index (χ3n) is 3.82. The number of rotatable bonds is 5. The van der Waals surface area contributed by atoms with E-state index in [9.17, 15) is 9.90 Å². The number of anilines is 1. The molecule has 0 aliphatic rings. The van der Waals surface area contributed by atoms with Crippen LogP contribution < -0.4 is 10.9 Å². The molecule has 0 fully saturated rings. The number of hydrogen-bond acceptors (Lipinski definition) is 4. The third-order valence-corrected chi connectivity index (χ3v) is 3.82. The molecule has 3 rings (SSSR count). The lowest BCUT2D eigenvalue weighted by Crippen LogP contribution is -2.26. The molecule has 1 atom stereocenters. The normalized spacial score (nSPS) is 12.3. The fourth-order valence-corrected chi connectivity index (χ4v) is 2.58. The maximum Gasteiger partial charge on any atom is 0.262 e. The SMILES string of the molecule is CCn1c(NCC(O)c2ccccc2)nc2ccccc2c1=O. The number of aromatic nitrogens is 2. The van der Waals surface area contributed by atoms with Gasteiger partial charge in [0.1, 0.15) is 0 Å². The summed E-state index contributed by atoms with van der Waals surface area (Å²) in [6, 6.07) is 16.7. The van der Waals surface area contributed by atoms with Gasteiger partial charge in [-0.25, -0.2) is 4.98 Å². The van der Waals surface area contributed by atoms with Gasteiger partial charge in [0.25, 0.3) is 5.56 Å². The van der Waals surface area contributed by atoms with Crippen LogP contribution in [0.1, 0.15) is 18.6 Å². The molecule has 1 unspecified atom stereocenters. The van der Waals surface area contributed by atoms with Crippen LogP contribution >= 0.6 is 0 Å². The Morgan fingerprint density at radius 2 is 1.83 bits per heavy atom. The van der Waals surface area contributed by atoms with Crippen LogP contribution in [0.25, 0.3) is 10.9 Å². The first-order chi connectivity index (χ1) is 11.2. The number of aliphatic hydroxyl groups is 1. The smallest absolute Gasteiger partial charge is 0.262 e. The van der Waals surface area contributed by atoms with E-state index in [1.807, 2.05) is 55.5 Å². The van der Waals surface area contributed by atoms with Gasteiger partial charge in [0.15, 0.2) is 0 Å². The largest absolute Gasteiger partial charge is 0.387 e. The van der Waals surface area contributed by atoms with Crippen LogP contribution in [0.4, 0.5) is 5.95 Å². The summed E-state index contributed by atoms with van der Waals surface area (Å²) in [6.07, 6.45) is -0.662. The van der Waals surface area contributed by atoms with Crippen molar-refractivity contribution in [3.8, 4) is 0 Å². The Kier molecular flexibility index (Phi) is 4.39. The minimum Gasteiger partial charge on any atom is -0.387 e. The molecular formula is C18H19N3O2. The first kappa shape index (κ1) is 15.2. The summed E-state index contributed by atoms with van der Waals surface area (Å²) in [6.45, 7) is 2.70. The van der Waals surface area contributed by atoms with Crippen molar-refractivity contribution < 1.29 is 5.11 Å². The van der Waals surface area contributed by atoms with E-state index < -0.39 is 6.10 Å². The van der Waals surface area contributed by atoms with E-state index in [4.69, 9.17) is 0 Å². The summed E-state index contributed by atoms with van der Waals surface area (Å²) in [5.41, 5.74) is 1.40. The molecule has 1 heterocycles. The maximum absolute atomic E-state index is 12.5. The lowest BCUT2D eigenvalue weighted by atomic mass is 10.1. The van der Waals surface area contributed by atoms with Crippen LogP contribution in [0, 0.1) is 0 Å². The Morgan fingerprint density at radius 1 is 1.13 bits per heavy atom. The predicted molar refractivity (Wildman–Crippen MR) is 91.6 cm³/mol. The lowest BCUT2D eigenvalue weighted by molar-refractivity contribution is 0.191. The van der Waals surface area contributed by atoms with Crippen molar-refractivity contribution in [3.05, 3.63) is 70.5 Å². The first-order valence-corrected chi connectivity index (χ1v) is 7.67. The molecule has 0 saturated heterocycles. The molecule has 5 heteroatoms. The fraction of sp³-hybridized carbons (Fsp3) is 0.222. The topological polar surface area (TPSA) is 67.2 Å². The van der Waals surface area contributed by atoms with Crippen LogP contribution in [-0.2, 0) is 6.54 Å². The predicted octanol–water partition coefficient (Wildman–Crippen LogP) is 2.56. The number of nitrogens with zero attached hydrogens (tertiary/aromatic N) is 2. The summed E-state index contributed by atoms with van der Waals surface area (Å²) >= 11 is 0. The highest BCUT2D eigenvalue weighted by Gasteiger charge is 2.12. The van der Waals surface area contributed by atoms with E-state index in [1.54, 1.807) is 10.6 Å². The van der Waals surface area contributed by atoms with Crippen molar-refractivity contribution in [2.75, 3.05) is 11.9 Å². The van der Waals surface area contributed by atoms with Gasteiger partial charge in [-0.1, -0.05) is 42.5 Å². The van der Waals surface area contributed by atoms with Crippen LogP contribution in [0.3, 0.4) is 0 Å². The molecule has 0 bridgehead atoms. The molecule has 2 N–H and O–H groups in total. The number of para-hydroxylation sites is 1. The minimum atomic E-state index is -0.662. The molecule has 2 aromatic carbocycles. The average Bonchev–Trinajstić information content (AvgIpc) is 2.60. The summed E-state index contributed by atoms with van der Waals surface area (Å²) < 4.78 is 1.58.